The molecule has 92 valence electrons. The summed E-state index contributed by atoms with van der Waals surface area (Å²) in [5.74, 6) is 0. The molecule has 0 saturated carbocycles. The van der Waals surface area contributed by atoms with Crippen LogP contribution in [0, 0.1) is 6.92 Å². The molecular formula is C13H14N4S. The van der Waals surface area contributed by atoms with Crippen molar-refractivity contribution in [2.24, 2.45) is 5.73 Å². The highest BCUT2D eigenvalue weighted by atomic mass is 32.1. The summed E-state index contributed by atoms with van der Waals surface area (Å²) >= 11 is 5.05. The summed E-state index contributed by atoms with van der Waals surface area (Å²) in [5.41, 5.74) is 9.55. The summed E-state index contributed by atoms with van der Waals surface area (Å²) in [7, 11) is 0. The van der Waals surface area contributed by atoms with Gasteiger partial charge in [-0.05, 0) is 25.1 Å². The number of benzene rings is 1. The fourth-order valence-corrected chi connectivity index (χ4v) is 1.79. The van der Waals surface area contributed by atoms with Gasteiger partial charge in [-0.25, -0.2) is 9.97 Å². The molecule has 1 aromatic heterocycles. The van der Waals surface area contributed by atoms with Gasteiger partial charge in [-0.2, -0.15) is 0 Å². The second-order valence-corrected chi connectivity index (χ2v) is 4.41. The van der Waals surface area contributed by atoms with Gasteiger partial charge in [0.15, 0.2) is 0 Å². The van der Waals surface area contributed by atoms with Crippen molar-refractivity contribution in [1.82, 2.24) is 9.97 Å². The summed E-state index contributed by atoms with van der Waals surface area (Å²) in [6.07, 6.45) is 3.24. The maximum absolute atomic E-state index is 5.72. The van der Waals surface area contributed by atoms with Crippen molar-refractivity contribution in [2.75, 3.05) is 5.32 Å². The van der Waals surface area contributed by atoms with Crippen molar-refractivity contribution < 1.29 is 0 Å². The van der Waals surface area contributed by atoms with E-state index in [-0.39, 0.29) is 0 Å². The minimum absolute atomic E-state index is 0.392. The van der Waals surface area contributed by atoms with Crippen LogP contribution in [0.5, 0.6) is 0 Å². The fraction of sp³-hybridized carbons (Fsp3) is 0.154. The van der Waals surface area contributed by atoms with Crippen LogP contribution in [-0.2, 0) is 6.54 Å². The summed E-state index contributed by atoms with van der Waals surface area (Å²) < 4.78 is 0. The topological polar surface area (TPSA) is 63.8 Å². The Morgan fingerprint density at radius 3 is 2.89 bits per heavy atom. The molecular weight excluding hydrogens is 244 g/mol. The molecule has 0 atom stereocenters. The van der Waals surface area contributed by atoms with E-state index in [1.165, 1.54) is 6.33 Å². The average Bonchev–Trinajstić information content (AvgIpc) is 2.38. The zero-order valence-electron chi connectivity index (χ0n) is 10.1. The summed E-state index contributed by atoms with van der Waals surface area (Å²) in [4.78, 5) is 8.42. The molecule has 18 heavy (non-hydrogen) atoms. The lowest BCUT2D eigenvalue weighted by molar-refractivity contribution is 1.01. The molecule has 0 radical (unpaired) electrons. The van der Waals surface area contributed by atoms with Crippen LogP contribution < -0.4 is 11.1 Å². The number of aryl methyl sites for hydroxylation is 1. The van der Waals surface area contributed by atoms with Gasteiger partial charge in [0, 0.05) is 17.4 Å². The van der Waals surface area contributed by atoms with E-state index in [2.05, 4.69) is 15.3 Å². The second-order valence-electron chi connectivity index (χ2n) is 3.97. The van der Waals surface area contributed by atoms with Crippen molar-refractivity contribution in [2.45, 2.75) is 13.5 Å². The number of rotatable bonds is 4. The molecule has 0 fully saturated rings. The summed E-state index contributed by atoms with van der Waals surface area (Å²) in [5, 5.41) is 3.28. The molecule has 2 aromatic rings. The Balaban J connectivity index is 2.17. The van der Waals surface area contributed by atoms with Gasteiger partial charge in [-0.3, -0.25) is 0 Å². The first-order valence-electron chi connectivity index (χ1n) is 5.56. The predicted molar refractivity (Wildman–Crippen MR) is 76.4 cm³/mol. The number of hydrogen-bond acceptors (Lipinski definition) is 4. The maximum atomic E-state index is 5.72. The standard InChI is InChI=1S/C13H14N4S/c1-9-2-3-12(11(6-9)13(14)18)16-7-10-4-5-15-8-17-10/h2-6,8,16H,7H2,1H3,(H2,14,18). The van der Waals surface area contributed by atoms with Crippen molar-refractivity contribution >= 4 is 22.9 Å². The molecule has 1 aromatic carbocycles. The van der Waals surface area contributed by atoms with Crippen LogP contribution in [0.1, 0.15) is 16.8 Å². The van der Waals surface area contributed by atoms with Gasteiger partial charge in [0.2, 0.25) is 0 Å². The van der Waals surface area contributed by atoms with Gasteiger partial charge < -0.3 is 11.1 Å². The minimum atomic E-state index is 0.392. The van der Waals surface area contributed by atoms with Crippen LogP contribution in [-0.4, -0.2) is 15.0 Å². The maximum Gasteiger partial charge on any atom is 0.115 e. The first-order chi connectivity index (χ1) is 8.66. The number of nitrogens with one attached hydrogen (secondary N) is 1. The molecule has 4 nitrogen and oxygen atoms in total. The molecule has 0 aliphatic rings. The number of anilines is 1. The van der Waals surface area contributed by atoms with Crippen LogP contribution in [0.25, 0.3) is 0 Å². The highest BCUT2D eigenvalue weighted by molar-refractivity contribution is 7.80. The van der Waals surface area contributed by atoms with E-state index in [1.54, 1.807) is 6.20 Å². The van der Waals surface area contributed by atoms with Gasteiger partial charge in [0.25, 0.3) is 0 Å². The Labute approximate surface area is 111 Å². The monoisotopic (exact) mass is 258 g/mol. The third-order valence-electron chi connectivity index (χ3n) is 2.54. The van der Waals surface area contributed by atoms with Crippen LogP contribution >= 0.6 is 12.2 Å². The lowest BCUT2D eigenvalue weighted by Crippen LogP contribution is -2.13. The van der Waals surface area contributed by atoms with Crippen molar-refractivity contribution in [1.29, 1.82) is 0 Å². The minimum Gasteiger partial charge on any atom is -0.389 e. The SMILES string of the molecule is Cc1ccc(NCc2ccncn2)c(C(N)=S)c1. The zero-order chi connectivity index (χ0) is 13.0. The molecule has 0 saturated heterocycles. The predicted octanol–water partition coefficient (Wildman–Crippen LogP) is 2.03. The van der Waals surface area contributed by atoms with Gasteiger partial charge in [-0.15, -0.1) is 0 Å². The van der Waals surface area contributed by atoms with E-state index >= 15 is 0 Å². The van der Waals surface area contributed by atoms with Gasteiger partial charge in [0.05, 0.1) is 12.2 Å². The zero-order valence-corrected chi connectivity index (χ0v) is 10.9. The van der Waals surface area contributed by atoms with Crippen molar-refractivity contribution in [3.63, 3.8) is 0 Å². The van der Waals surface area contributed by atoms with Crippen LogP contribution in [0.3, 0.4) is 0 Å². The molecule has 1 heterocycles. The number of thiocarbonyl (C=S) groups is 1. The highest BCUT2D eigenvalue weighted by Crippen LogP contribution is 2.17. The van der Waals surface area contributed by atoms with E-state index in [0.29, 0.717) is 11.5 Å². The van der Waals surface area contributed by atoms with Crippen LogP contribution in [0.2, 0.25) is 0 Å². The lowest BCUT2D eigenvalue weighted by atomic mass is 10.1. The van der Waals surface area contributed by atoms with Gasteiger partial charge in [-0.1, -0.05) is 23.8 Å². The summed E-state index contributed by atoms with van der Waals surface area (Å²) in [6.45, 7) is 2.62. The Kier molecular flexibility index (Phi) is 3.84. The second kappa shape index (κ2) is 5.55. The number of hydrogen-bond donors (Lipinski definition) is 2. The van der Waals surface area contributed by atoms with Crippen molar-refractivity contribution in [3.8, 4) is 0 Å². The summed E-state index contributed by atoms with van der Waals surface area (Å²) in [6, 6.07) is 7.83. The molecule has 3 N–H and O–H groups in total. The van der Waals surface area contributed by atoms with Crippen molar-refractivity contribution in [3.05, 3.63) is 53.6 Å². The number of aromatic nitrogens is 2. The average molecular weight is 258 g/mol. The fourth-order valence-electron chi connectivity index (χ4n) is 1.62. The lowest BCUT2D eigenvalue weighted by Gasteiger charge is -2.11. The largest absolute Gasteiger partial charge is 0.389 e. The quantitative estimate of drug-likeness (QED) is 0.822. The first-order valence-corrected chi connectivity index (χ1v) is 5.97. The first kappa shape index (κ1) is 12.4. The third-order valence-corrected chi connectivity index (χ3v) is 2.76. The van der Waals surface area contributed by atoms with E-state index in [1.807, 2.05) is 31.2 Å². The van der Waals surface area contributed by atoms with Gasteiger partial charge >= 0.3 is 0 Å². The molecule has 0 aliphatic carbocycles. The molecule has 0 aliphatic heterocycles. The number of nitrogens with zero attached hydrogens (tertiary/aromatic N) is 2. The molecule has 0 amide bonds. The van der Waals surface area contributed by atoms with Crippen LogP contribution in [0.15, 0.2) is 36.8 Å². The Morgan fingerprint density at radius 2 is 2.22 bits per heavy atom. The van der Waals surface area contributed by atoms with E-state index < -0.39 is 0 Å². The third kappa shape index (κ3) is 3.01. The van der Waals surface area contributed by atoms with E-state index in [9.17, 15) is 0 Å². The van der Waals surface area contributed by atoms with E-state index in [0.717, 1.165) is 22.5 Å². The molecule has 2 rings (SSSR count). The normalized spacial score (nSPS) is 10.1. The number of nitrogens with two attached hydrogens (primary N) is 1. The molecule has 0 spiro atoms. The van der Waals surface area contributed by atoms with Crippen LogP contribution in [0.4, 0.5) is 5.69 Å². The Bertz CT molecular complexity index is 554. The smallest absolute Gasteiger partial charge is 0.115 e. The highest BCUT2D eigenvalue weighted by Gasteiger charge is 2.05. The Hall–Kier alpha value is -2.01. The molecule has 0 bridgehead atoms. The van der Waals surface area contributed by atoms with E-state index in [4.69, 9.17) is 18.0 Å². The molecule has 5 heteroatoms. The Morgan fingerprint density at radius 1 is 1.39 bits per heavy atom. The molecule has 0 unspecified atom stereocenters. The van der Waals surface area contributed by atoms with Gasteiger partial charge in [0.1, 0.15) is 11.3 Å².